The molecule has 8 heteroatoms. The lowest BCUT2D eigenvalue weighted by atomic mass is 10.1. The molecule has 3 aromatic heterocycles. The number of nitrogens with zero attached hydrogens (tertiary/aromatic N) is 5. The lowest BCUT2D eigenvalue weighted by molar-refractivity contribution is 0.0670. The number of amides is 1. The molecule has 4 heterocycles. The van der Waals surface area contributed by atoms with Crippen LogP contribution in [0.15, 0.2) is 35.0 Å². The highest BCUT2D eigenvalue weighted by Crippen LogP contribution is 2.22. The van der Waals surface area contributed by atoms with E-state index in [9.17, 15) is 9.59 Å². The standard InChI is InChI=1S/C16H17N5O2S/c1-11-7-18-21(9-11)12-3-2-4-19(10-12)14(22)13-8-17-16-20(15(13)23)5-6-24-16/h5-9,12H,2-4,10H2,1H3. The van der Waals surface area contributed by atoms with Gasteiger partial charge in [-0.05, 0) is 25.3 Å². The number of hydrogen-bond donors (Lipinski definition) is 0. The van der Waals surface area contributed by atoms with Crippen LogP contribution in [-0.2, 0) is 0 Å². The Kier molecular flexibility index (Phi) is 3.68. The first-order chi connectivity index (χ1) is 11.6. The van der Waals surface area contributed by atoms with E-state index in [1.807, 2.05) is 24.0 Å². The van der Waals surface area contributed by atoms with Crippen LogP contribution in [0.25, 0.3) is 4.96 Å². The van der Waals surface area contributed by atoms with E-state index in [0.717, 1.165) is 18.4 Å². The third kappa shape index (κ3) is 2.52. The first-order valence-corrected chi connectivity index (χ1v) is 8.76. The minimum absolute atomic E-state index is 0.128. The Morgan fingerprint density at radius 3 is 3.04 bits per heavy atom. The molecule has 3 aromatic rings. The van der Waals surface area contributed by atoms with Crippen LogP contribution in [0.2, 0.25) is 0 Å². The Balaban J connectivity index is 1.61. The van der Waals surface area contributed by atoms with Gasteiger partial charge in [0.2, 0.25) is 0 Å². The summed E-state index contributed by atoms with van der Waals surface area (Å²) in [6, 6.07) is 0.150. The van der Waals surface area contributed by atoms with Crippen LogP contribution in [-0.4, -0.2) is 43.1 Å². The van der Waals surface area contributed by atoms with E-state index in [0.29, 0.717) is 18.1 Å². The number of rotatable bonds is 2. The predicted octanol–water partition coefficient (Wildman–Crippen LogP) is 1.74. The number of hydrogen-bond acceptors (Lipinski definition) is 5. The first kappa shape index (κ1) is 15.1. The van der Waals surface area contributed by atoms with Crippen LogP contribution >= 0.6 is 11.3 Å². The highest BCUT2D eigenvalue weighted by molar-refractivity contribution is 7.15. The van der Waals surface area contributed by atoms with Crippen molar-refractivity contribution >= 4 is 22.2 Å². The van der Waals surface area contributed by atoms with Crippen molar-refractivity contribution in [3.63, 3.8) is 0 Å². The van der Waals surface area contributed by atoms with Crippen molar-refractivity contribution in [3.05, 3.63) is 51.6 Å². The van der Waals surface area contributed by atoms with Gasteiger partial charge in [0.1, 0.15) is 5.56 Å². The smallest absolute Gasteiger partial charge is 0.271 e. The molecule has 1 aliphatic heterocycles. The Hall–Kier alpha value is -2.48. The molecule has 0 aliphatic carbocycles. The van der Waals surface area contributed by atoms with Gasteiger partial charge >= 0.3 is 0 Å². The minimum atomic E-state index is -0.302. The largest absolute Gasteiger partial charge is 0.336 e. The quantitative estimate of drug-likeness (QED) is 0.710. The molecule has 1 saturated heterocycles. The van der Waals surface area contributed by atoms with Crippen LogP contribution in [0.3, 0.4) is 0 Å². The van der Waals surface area contributed by atoms with Crippen molar-refractivity contribution in [1.82, 2.24) is 24.1 Å². The summed E-state index contributed by atoms with van der Waals surface area (Å²) >= 11 is 1.37. The summed E-state index contributed by atoms with van der Waals surface area (Å²) in [7, 11) is 0. The molecule has 1 atom stereocenters. The molecule has 1 fully saturated rings. The van der Waals surface area contributed by atoms with Crippen molar-refractivity contribution in [1.29, 1.82) is 0 Å². The number of aromatic nitrogens is 4. The lowest BCUT2D eigenvalue weighted by Gasteiger charge is -2.32. The van der Waals surface area contributed by atoms with Gasteiger partial charge in [0, 0.05) is 37.1 Å². The average Bonchev–Trinajstić information content (AvgIpc) is 3.24. The fourth-order valence-electron chi connectivity index (χ4n) is 3.13. The van der Waals surface area contributed by atoms with Gasteiger partial charge in [-0.2, -0.15) is 5.10 Å². The molecule has 124 valence electrons. The summed E-state index contributed by atoms with van der Waals surface area (Å²) in [5, 5.41) is 6.15. The van der Waals surface area contributed by atoms with Gasteiger partial charge in [-0.1, -0.05) is 0 Å². The Morgan fingerprint density at radius 1 is 1.38 bits per heavy atom. The van der Waals surface area contributed by atoms with Crippen molar-refractivity contribution < 1.29 is 4.79 Å². The second kappa shape index (κ2) is 5.86. The Labute approximate surface area is 142 Å². The topological polar surface area (TPSA) is 72.5 Å². The van der Waals surface area contributed by atoms with Crippen molar-refractivity contribution in [3.8, 4) is 0 Å². The molecule has 0 aromatic carbocycles. The van der Waals surface area contributed by atoms with E-state index in [-0.39, 0.29) is 23.1 Å². The monoisotopic (exact) mass is 343 g/mol. The number of carbonyl (C=O) groups is 1. The molecule has 1 amide bonds. The molecule has 0 radical (unpaired) electrons. The van der Waals surface area contributed by atoms with Crippen molar-refractivity contribution in [2.24, 2.45) is 0 Å². The summed E-state index contributed by atoms with van der Waals surface area (Å²) < 4.78 is 3.35. The van der Waals surface area contributed by atoms with Gasteiger partial charge in [-0.25, -0.2) is 4.98 Å². The molecular formula is C16H17N5O2S. The van der Waals surface area contributed by atoms with Gasteiger partial charge in [0.25, 0.3) is 11.5 Å². The maximum absolute atomic E-state index is 12.8. The SMILES string of the molecule is Cc1cnn(C2CCCN(C(=O)c3cnc4sccn4c3=O)C2)c1. The zero-order valence-corrected chi connectivity index (χ0v) is 14.1. The summed E-state index contributed by atoms with van der Waals surface area (Å²) in [6.07, 6.45) is 8.74. The third-order valence-electron chi connectivity index (χ3n) is 4.36. The molecule has 0 saturated carbocycles. The lowest BCUT2D eigenvalue weighted by Crippen LogP contribution is -2.43. The summed E-state index contributed by atoms with van der Waals surface area (Å²) in [4.78, 5) is 31.9. The molecule has 1 unspecified atom stereocenters. The summed E-state index contributed by atoms with van der Waals surface area (Å²) in [5.74, 6) is -0.248. The second-order valence-corrected chi connectivity index (χ2v) is 6.95. The zero-order chi connectivity index (χ0) is 16.7. The molecule has 24 heavy (non-hydrogen) atoms. The highest BCUT2D eigenvalue weighted by Gasteiger charge is 2.27. The maximum Gasteiger partial charge on any atom is 0.271 e. The van der Waals surface area contributed by atoms with Crippen LogP contribution in [0.5, 0.6) is 0 Å². The summed E-state index contributed by atoms with van der Waals surface area (Å²) in [6.45, 7) is 3.21. The fraction of sp³-hybridized carbons (Fsp3) is 0.375. The molecule has 1 aliphatic rings. The summed E-state index contributed by atoms with van der Waals surface area (Å²) in [5.41, 5.74) is 0.926. The number of likely N-dealkylation sites (tertiary alicyclic amines) is 1. The third-order valence-corrected chi connectivity index (χ3v) is 5.13. The number of piperidine rings is 1. The van der Waals surface area contributed by atoms with Gasteiger partial charge in [-0.3, -0.25) is 18.7 Å². The van der Waals surface area contributed by atoms with Crippen molar-refractivity contribution in [2.45, 2.75) is 25.8 Å². The Morgan fingerprint density at radius 2 is 2.25 bits per heavy atom. The van der Waals surface area contributed by atoms with Gasteiger partial charge in [-0.15, -0.1) is 11.3 Å². The van der Waals surface area contributed by atoms with E-state index in [1.54, 1.807) is 16.5 Å². The zero-order valence-electron chi connectivity index (χ0n) is 13.3. The Bertz CT molecular complexity index is 957. The predicted molar refractivity (Wildman–Crippen MR) is 90.5 cm³/mol. The number of thiazole rings is 1. The maximum atomic E-state index is 12.8. The van der Waals surface area contributed by atoms with E-state index in [4.69, 9.17) is 0 Å². The van der Waals surface area contributed by atoms with E-state index < -0.39 is 0 Å². The van der Waals surface area contributed by atoms with Gasteiger partial charge in [0.15, 0.2) is 4.96 Å². The van der Waals surface area contributed by atoms with Gasteiger partial charge < -0.3 is 4.90 Å². The van der Waals surface area contributed by atoms with E-state index in [2.05, 4.69) is 10.1 Å². The molecule has 4 rings (SSSR count). The molecule has 0 spiro atoms. The fourth-order valence-corrected chi connectivity index (χ4v) is 3.80. The first-order valence-electron chi connectivity index (χ1n) is 7.88. The normalized spacial score (nSPS) is 18.2. The molecule has 0 bridgehead atoms. The highest BCUT2D eigenvalue weighted by atomic mass is 32.1. The van der Waals surface area contributed by atoms with Crippen LogP contribution in [0, 0.1) is 6.92 Å². The molecule has 7 nitrogen and oxygen atoms in total. The second-order valence-electron chi connectivity index (χ2n) is 6.08. The minimum Gasteiger partial charge on any atom is -0.336 e. The van der Waals surface area contributed by atoms with E-state index in [1.165, 1.54) is 21.9 Å². The average molecular weight is 343 g/mol. The number of aryl methyl sites for hydroxylation is 1. The number of carbonyl (C=O) groups excluding carboxylic acids is 1. The van der Waals surface area contributed by atoms with E-state index >= 15 is 0 Å². The van der Waals surface area contributed by atoms with Crippen LogP contribution in [0.4, 0.5) is 0 Å². The number of fused-ring (bicyclic) bond motifs is 1. The van der Waals surface area contributed by atoms with Crippen LogP contribution in [0.1, 0.15) is 34.8 Å². The van der Waals surface area contributed by atoms with Crippen molar-refractivity contribution in [2.75, 3.05) is 13.1 Å². The van der Waals surface area contributed by atoms with Gasteiger partial charge in [0.05, 0.1) is 12.2 Å². The molecule has 0 N–H and O–H groups in total. The van der Waals surface area contributed by atoms with Crippen LogP contribution < -0.4 is 5.56 Å². The molecular weight excluding hydrogens is 326 g/mol.